The number of Topliss-reactive ketones (excluding diaryl/α,β-unsaturated/α-hetero) is 1. The van der Waals surface area contributed by atoms with E-state index in [0.717, 1.165) is 44.9 Å². The molecule has 2 atom stereocenters. The summed E-state index contributed by atoms with van der Waals surface area (Å²) in [6.07, 6.45) is 13.5. The van der Waals surface area contributed by atoms with Crippen molar-refractivity contribution in [2.75, 3.05) is 0 Å². The highest BCUT2D eigenvalue weighted by Crippen LogP contribution is 2.36. The Hall–Kier alpha value is -0.860. The monoisotopic (exact) mass is 296 g/mol. The summed E-state index contributed by atoms with van der Waals surface area (Å²) in [7, 11) is 0. The van der Waals surface area contributed by atoms with Crippen molar-refractivity contribution in [1.82, 2.24) is 0 Å². The molecular weight excluding hydrogens is 264 g/mol. The summed E-state index contributed by atoms with van der Waals surface area (Å²) < 4.78 is 0. The lowest BCUT2D eigenvalue weighted by Gasteiger charge is -2.18. The molecule has 0 heterocycles. The number of carbonyl (C=O) groups is 2. The molecule has 1 saturated carbocycles. The van der Waals surface area contributed by atoms with Crippen LogP contribution in [0.15, 0.2) is 0 Å². The van der Waals surface area contributed by atoms with Gasteiger partial charge < -0.3 is 5.11 Å². The summed E-state index contributed by atoms with van der Waals surface area (Å²) in [4.78, 5) is 22.4. The molecule has 0 aromatic heterocycles. The van der Waals surface area contributed by atoms with Gasteiger partial charge in [-0.15, -0.1) is 0 Å². The van der Waals surface area contributed by atoms with E-state index in [1.165, 1.54) is 32.1 Å². The van der Waals surface area contributed by atoms with Crippen molar-refractivity contribution < 1.29 is 14.7 Å². The van der Waals surface area contributed by atoms with Gasteiger partial charge in [0.2, 0.25) is 0 Å². The van der Waals surface area contributed by atoms with Crippen LogP contribution in [-0.2, 0) is 9.59 Å². The van der Waals surface area contributed by atoms with Gasteiger partial charge >= 0.3 is 5.97 Å². The van der Waals surface area contributed by atoms with E-state index < -0.39 is 5.97 Å². The number of rotatable bonds is 12. The molecule has 0 bridgehead atoms. The second-order valence-corrected chi connectivity index (χ2v) is 6.57. The van der Waals surface area contributed by atoms with E-state index >= 15 is 0 Å². The zero-order valence-electron chi connectivity index (χ0n) is 13.6. The Balaban J connectivity index is 2.14. The van der Waals surface area contributed by atoms with Crippen LogP contribution < -0.4 is 0 Å². The lowest BCUT2D eigenvalue weighted by atomic mass is 9.86. The predicted molar refractivity (Wildman–Crippen MR) is 85.3 cm³/mol. The summed E-state index contributed by atoms with van der Waals surface area (Å²) >= 11 is 0. The Morgan fingerprint density at radius 3 is 2.43 bits per heavy atom. The molecule has 1 N–H and O–H groups in total. The molecule has 3 nitrogen and oxygen atoms in total. The molecule has 1 fully saturated rings. The second kappa shape index (κ2) is 10.8. The minimum Gasteiger partial charge on any atom is -0.481 e. The van der Waals surface area contributed by atoms with Crippen LogP contribution in [0.5, 0.6) is 0 Å². The van der Waals surface area contributed by atoms with Gasteiger partial charge in [0.25, 0.3) is 0 Å². The molecule has 0 saturated heterocycles. The third kappa shape index (κ3) is 7.63. The minimum absolute atomic E-state index is 0.280. The fourth-order valence-electron chi connectivity index (χ4n) is 3.55. The molecule has 0 aromatic carbocycles. The van der Waals surface area contributed by atoms with Crippen LogP contribution in [0.1, 0.15) is 90.4 Å². The van der Waals surface area contributed by atoms with E-state index in [0.29, 0.717) is 17.6 Å². The van der Waals surface area contributed by atoms with Crippen molar-refractivity contribution in [3.8, 4) is 0 Å². The lowest BCUT2D eigenvalue weighted by Crippen LogP contribution is -2.15. The first-order valence-corrected chi connectivity index (χ1v) is 8.89. The van der Waals surface area contributed by atoms with Gasteiger partial charge in [0.15, 0.2) is 0 Å². The molecule has 21 heavy (non-hydrogen) atoms. The Bertz CT molecular complexity index is 312. The maximum Gasteiger partial charge on any atom is 0.303 e. The van der Waals surface area contributed by atoms with Crippen molar-refractivity contribution in [1.29, 1.82) is 0 Å². The number of aliphatic carboxylic acids is 1. The Kier molecular flexibility index (Phi) is 9.36. The van der Waals surface area contributed by atoms with Crippen molar-refractivity contribution in [3.63, 3.8) is 0 Å². The number of carbonyl (C=O) groups excluding carboxylic acids is 1. The Labute approximate surface area is 129 Å². The van der Waals surface area contributed by atoms with E-state index in [1.807, 2.05) is 0 Å². The van der Waals surface area contributed by atoms with Crippen molar-refractivity contribution >= 4 is 11.8 Å². The number of carboxylic acids is 1. The smallest absolute Gasteiger partial charge is 0.303 e. The van der Waals surface area contributed by atoms with E-state index in [-0.39, 0.29) is 6.42 Å². The maximum atomic E-state index is 12.0. The van der Waals surface area contributed by atoms with E-state index in [2.05, 4.69) is 6.92 Å². The highest BCUT2D eigenvalue weighted by Gasteiger charge is 2.33. The molecule has 0 spiro atoms. The topological polar surface area (TPSA) is 54.4 Å². The summed E-state index contributed by atoms with van der Waals surface area (Å²) in [6, 6.07) is 0. The number of hydrogen-bond donors (Lipinski definition) is 1. The third-order valence-electron chi connectivity index (χ3n) is 4.83. The maximum absolute atomic E-state index is 12.0. The molecule has 0 aromatic rings. The Morgan fingerprint density at radius 2 is 1.71 bits per heavy atom. The molecule has 0 radical (unpaired) electrons. The van der Waals surface area contributed by atoms with Crippen LogP contribution in [0, 0.1) is 11.8 Å². The first-order chi connectivity index (χ1) is 10.1. The second-order valence-electron chi connectivity index (χ2n) is 6.57. The molecule has 1 aliphatic rings. The van der Waals surface area contributed by atoms with Gasteiger partial charge in [-0.05, 0) is 31.6 Å². The molecule has 1 aliphatic carbocycles. The van der Waals surface area contributed by atoms with Gasteiger partial charge in [-0.25, -0.2) is 0 Å². The Morgan fingerprint density at radius 1 is 1.05 bits per heavy atom. The zero-order chi connectivity index (χ0) is 15.5. The van der Waals surface area contributed by atoms with Crippen LogP contribution in [0.2, 0.25) is 0 Å². The fourth-order valence-corrected chi connectivity index (χ4v) is 3.55. The van der Waals surface area contributed by atoms with Crippen LogP contribution in [0.3, 0.4) is 0 Å². The highest BCUT2D eigenvalue weighted by atomic mass is 16.4. The first-order valence-electron chi connectivity index (χ1n) is 8.89. The zero-order valence-corrected chi connectivity index (χ0v) is 13.6. The van der Waals surface area contributed by atoms with Crippen molar-refractivity contribution in [2.45, 2.75) is 90.4 Å². The minimum atomic E-state index is -0.701. The summed E-state index contributed by atoms with van der Waals surface area (Å²) in [5.41, 5.74) is 0. The number of ketones is 1. The van der Waals surface area contributed by atoms with Gasteiger partial charge in [0, 0.05) is 18.8 Å². The summed E-state index contributed by atoms with van der Waals surface area (Å²) in [5.74, 6) is 0.730. The SMILES string of the molecule is CCCCCCC1CCC(=O)C1CCCCCCC(=O)O. The average molecular weight is 296 g/mol. The van der Waals surface area contributed by atoms with E-state index in [4.69, 9.17) is 5.11 Å². The number of carboxylic acid groups (broad SMARTS) is 1. The van der Waals surface area contributed by atoms with Gasteiger partial charge in [-0.1, -0.05) is 51.9 Å². The molecule has 122 valence electrons. The van der Waals surface area contributed by atoms with Crippen LogP contribution in [-0.4, -0.2) is 16.9 Å². The average Bonchev–Trinajstić information content (AvgIpc) is 2.79. The predicted octanol–water partition coefficient (Wildman–Crippen LogP) is 4.98. The van der Waals surface area contributed by atoms with Crippen LogP contribution >= 0.6 is 0 Å². The first kappa shape index (κ1) is 18.2. The van der Waals surface area contributed by atoms with Gasteiger partial charge in [0.1, 0.15) is 5.78 Å². The van der Waals surface area contributed by atoms with Crippen molar-refractivity contribution in [3.05, 3.63) is 0 Å². The van der Waals surface area contributed by atoms with Crippen molar-refractivity contribution in [2.24, 2.45) is 11.8 Å². The van der Waals surface area contributed by atoms with Gasteiger partial charge in [0.05, 0.1) is 0 Å². The van der Waals surface area contributed by atoms with E-state index in [9.17, 15) is 9.59 Å². The number of hydrogen-bond acceptors (Lipinski definition) is 2. The number of unbranched alkanes of at least 4 members (excludes halogenated alkanes) is 6. The quantitative estimate of drug-likeness (QED) is 0.517. The molecule has 0 aliphatic heterocycles. The van der Waals surface area contributed by atoms with Crippen LogP contribution in [0.25, 0.3) is 0 Å². The summed E-state index contributed by atoms with van der Waals surface area (Å²) in [5, 5.41) is 8.59. The summed E-state index contributed by atoms with van der Waals surface area (Å²) in [6.45, 7) is 2.23. The highest BCUT2D eigenvalue weighted by molar-refractivity contribution is 5.83. The fraction of sp³-hybridized carbons (Fsp3) is 0.889. The van der Waals surface area contributed by atoms with Gasteiger partial charge in [-0.2, -0.15) is 0 Å². The molecule has 0 amide bonds. The van der Waals surface area contributed by atoms with Crippen LogP contribution in [0.4, 0.5) is 0 Å². The lowest BCUT2D eigenvalue weighted by molar-refractivity contribution is -0.137. The van der Waals surface area contributed by atoms with E-state index in [1.54, 1.807) is 0 Å². The molecule has 1 rings (SSSR count). The molecule has 3 heteroatoms. The van der Waals surface area contributed by atoms with Gasteiger partial charge in [-0.3, -0.25) is 9.59 Å². The molecular formula is C18H32O3. The normalized spacial score (nSPS) is 21.9. The third-order valence-corrected chi connectivity index (χ3v) is 4.83. The molecule has 2 unspecified atom stereocenters. The standard InChI is InChI=1S/C18H32O3/c1-2-3-4-7-10-15-13-14-17(19)16(15)11-8-5-6-9-12-18(20)21/h15-16H,2-14H2,1H3,(H,20,21). The largest absolute Gasteiger partial charge is 0.481 e.